The van der Waals surface area contributed by atoms with E-state index in [0.717, 1.165) is 35.6 Å². The largest absolute Gasteiger partial charge is 0.478 e. The number of hydrogen-bond acceptors (Lipinski definition) is 2. The molecule has 1 aliphatic heterocycles. The summed E-state index contributed by atoms with van der Waals surface area (Å²) in [6.07, 6.45) is 5.29. The normalized spacial score (nSPS) is 23.7. The molecule has 2 aromatic rings. The molecule has 0 saturated heterocycles. The number of carboxylic acids is 1. The Morgan fingerprint density at radius 1 is 1.18 bits per heavy atom. The van der Waals surface area contributed by atoms with Gasteiger partial charge in [-0.25, -0.2) is 18.0 Å². The van der Waals surface area contributed by atoms with Gasteiger partial charge in [0.2, 0.25) is 0 Å². The molecule has 5 rings (SSSR count). The minimum absolute atomic E-state index is 0.0119. The molecule has 0 aromatic heterocycles. The van der Waals surface area contributed by atoms with Gasteiger partial charge in [-0.05, 0) is 84.6 Å². The van der Waals surface area contributed by atoms with E-state index >= 15 is 8.78 Å². The maximum Gasteiger partial charge on any atom is 0.328 e. The first-order valence-electron chi connectivity index (χ1n) is 11.3. The number of halogens is 3. The molecule has 172 valence electrons. The second-order valence-electron chi connectivity index (χ2n) is 9.96. The Balaban J connectivity index is 1.65. The van der Waals surface area contributed by atoms with Crippen LogP contribution in [0.3, 0.4) is 0 Å². The van der Waals surface area contributed by atoms with E-state index in [9.17, 15) is 9.18 Å². The molecule has 0 amide bonds. The smallest absolute Gasteiger partial charge is 0.328 e. The van der Waals surface area contributed by atoms with E-state index in [4.69, 9.17) is 5.11 Å². The maximum atomic E-state index is 15.5. The van der Waals surface area contributed by atoms with Crippen molar-refractivity contribution in [2.45, 2.75) is 51.6 Å². The predicted octanol–water partition coefficient (Wildman–Crippen LogP) is 6.15. The Morgan fingerprint density at radius 2 is 1.88 bits per heavy atom. The Bertz CT molecular complexity index is 1190. The number of aliphatic carboxylic acids is 1. The number of rotatable bonds is 5. The van der Waals surface area contributed by atoms with Gasteiger partial charge in [-0.2, -0.15) is 0 Å². The molecule has 1 saturated carbocycles. The molecule has 3 nitrogen and oxygen atoms in total. The predicted molar refractivity (Wildman–Crippen MR) is 121 cm³/mol. The summed E-state index contributed by atoms with van der Waals surface area (Å²) >= 11 is 0. The van der Waals surface area contributed by atoms with Crippen molar-refractivity contribution >= 4 is 17.6 Å². The van der Waals surface area contributed by atoms with Gasteiger partial charge in [-0.3, -0.25) is 4.90 Å². The fraction of sp³-hybridized carbons (Fsp3) is 0.370. The second kappa shape index (κ2) is 7.87. The SMILES string of the molecule is C[C@H]1CC2=C(Cc3cccc(F)c32)[C@H](c2c(F)cc(/C=C/C(=O)O)cc2F)N1CC1(C)CC1. The number of fused-ring (bicyclic) bond motifs is 2. The molecule has 33 heavy (non-hydrogen) atoms. The molecule has 1 fully saturated rings. The van der Waals surface area contributed by atoms with E-state index in [-0.39, 0.29) is 28.4 Å². The van der Waals surface area contributed by atoms with Crippen molar-refractivity contribution in [1.29, 1.82) is 0 Å². The van der Waals surface area contributed by atoms with Gasteiger partial charge in [0.1, 0.15) is 17.5 Å². The molecule has 0 spiro atoms. The number of benzene rings is 2. The standard InChI is InChI=1S/C27H26F3NO2/c1-15-10-18-19(13-17-4-3-5-20(28)24(17)18)26(31(15)14-27(2)8-9-27)25-21(29)11-16(12-22(25)30)6-7-23(32)33/h3-7,11-12,15,26H,8-10,13-14H2,1-2H3,(H,32,33)/b7-6+/t15-,26+/m0/s1. The average molecular weight is 454 g/mol. The summed E-state index contributed by atoms with van der Waals surface area (Å²) in [6.45, 7) is 4.95. The quantitative estimate of drug-likeness (QED) is 0.553. The molecular formula is C27H26F3NO2. The van der Waals surface area contributed by atoms with Crippen LogP contribution in [0.15, 0.2) is 42.0 Å². The van der Waals surface area contributed by atoms with Crippen LogP contribution in [0.5, 0.6) is 0 Å². The van der Waals surface area contributed by atoms with Crippen molar-refractivity contribution in [1.82, 2.24) is 4.90 Å². The van der Waals surface area contributed by atoms with Crippen molar-refractivity contribution in [3.63, 3.8) is 0 Å². The van der Waals surface area contributed by atoms with E-state index < -0.39 is 23.6 Å². The van der Waals surface area contributed by atoms with Crippen molar-refractivity contribution in [2.75, 3.05) is 6.54 Å². The Kier molecular flexibility index (Phi) is 5.24. The fourth-order valence-electron chi connectivity index (χ4n) is 5.42. The van der Waals surface area contributed by atoms with Gasteiger partial charge in [0, 0.05) is 29.8 Å². The van der Waals surface area contributed by atoms with Gasteiger partial charge in [0.15, 0.2) is 0 Å². The van der Waals surface area contributed by atoms with Crippen LogP contribution in [0.4, 0.5) is 13.2 Å². The summed E-state index contributed by atoms with van der Waals surface area (Å²) in [6, 6.07) is 6.72. The highest BCUT2D eigenvalue weighted by Gasteiger charge is 2.47. The van der Waals surface area contributed by atoms with Crippen molar-refractivity contribution in [3.8, 4) is 0 Å². The van der Waals surface area contributed by atoms with Crippen LogP contribution in [-0.2, 0) is 11.2 Å². The molecule has 3 aliphatic rings. The molecule has 0 radical (unpaired) electrons. The lowest BCUT2D eigenvalue weighted by atomic mass is 9.83. The van der Waals surface area contributed by atoms with Gasteiger partial charge >= 0.3 is 5.97 Å². The van der Waals surface area contributed by atoms with Gasteiger partial charge in [-0.15, -0.1) is 0 Å². The summed E-state index contributed by atoms with van der Waals surface area (Å²) in [5, 5.41) is 8.84. The first-order valence-corrected chi connectivity index (χ1v) is 11.3. The average Bonchev–Trinajstić information content (AvgIpc) is 3.35. The number of hydrogen-bond donors (Lipinski definition) is 1. The van der Waals surface area contributed by atoms with Crippen molar-refractivity contribution < 1.29 is 23.1 Å². The van der Waals surface area contributed by atoms with Gasteiger partial charge in [0.05, 0.1) is 6.04 Å². The lowest BCUT2D eigenvalue weighted by Crippen LogP contribution is -2.44. The van der Waals surface area contributed by atoms with Crippen LogP contribution in [0, 0.1) is 22.9 Å². The maximum absolute atomic E-state index is 15.5. The summed E-state index contributed by atoms with van der Waals surface area (Å²) < 4.78 is 45.8. The first kappa shape index (κ1) is 22.0. The zero-order chi connectivity index (χ0) is 23.5. The zero-order valence-electron chi connectivity index (χ0n) is 18.7. The van der Waals surface area contributed by atoms with E-state index in [2.05, 4.69) is 11.8 Å². The van der Waals surface area contributed by atoms with Gasteiger partial charge in [-0.1, -0.05) is 19.1 Å². The second-order valence-corrected chi connectivity index (χ2v) is 9.96. The lowest BCUT2D eigenvalue weighted by molar-refractivity contribution is -0.131. The van der Waals surface area contributed by atoms with E-state index in [1.165, 1.54) is 24.3 Å². The third-order valence-corrected chi connectivity index (χ3v) is 7.36. The van der Waals surface area contributed by atoms with Crippen LogP contribution >= 0.6 is 0 Å². The molecule has 1 heterocycles. The van der Waals surface area contributed by atoms with Crippen LogP contribution in [-0.4, -0.2) is 28.6 Å². The molecule has 0 unspecified atom stereocenters. The Labute approximate surface area is 191 Å². The van der Waals surface area contributed by atoms with Crippen molar-refractivity contribution in [3.05, 3.63) is 81.7 Å². The Hall–Kier alpha value is -2.86. The van der Waals surface area contributed by atoms with Gasteiger partial charge < -0.3 is 5.11 Å². The summed E-state index contributed by atoms with van der Waals surface area (Å²) in [4.78, 5) is 13.0. The topological polar surface area (TPSA) is 40.5 Å². The summed E-state index contributed by atoms with van der Waals surface area (Å²) in [5.74, 6) is -2.91. The highest BCUT2D eigenvalue weighted by atomic mass is 19.1. The van der Waals surface area contributed by atoms with Crippen LogP contribution in [0.1, 0.15) is 61.4 Å². The third-order valence-electron chi connectivity index (χ3n) is 7.36. The molecule has 0 bridgehead atoms. The third kappa shape index (κ3) is 3.90. The number of carbonyl (C=O) groups is 1. The summed E-state index contributed by atoms with van der Waals surface area (Å²) in [5.41, 5.74) is 3.41. The molecule has 2 aromatic carbocycles. The highest BCUT2D eigenvalue weighted by molar-refractivity contribution is 5.85. The zero-order valence-corrected chi connectivity index (χ0v) is 18.7. The van der Waals surface area contributed by atoms with Crippen molar-refractivity contribution in [2.24, 2.45) is 5.41 Å². The number of nitrogens with zero attached hydrogens (tertiary/aromatic N) is 1. The molecule has 6 heteroatoms. The van der Waals surface area contributed by atoms with Crippen LogP contribution in [0.25, 0.3) is 11.6 Å². The number of carboxylic acid groups (broad SMARTS) is 1. The van der Waals surface area contributed by atoms with E-state index in [1.807, 2.05) is 13.0 Å². The molecule has 1 N–H and O–H groups in total. The van der Waals surface area contributed by atoms with Crippen LogP contribution in [0.2, 0.25) is 0 Å². The minimum Gasteiger partial charge on any atom is -0.478 e. The van der Waals surface area contributed by atoms with E-state index in [0.29, 0.717) is 24.9 Å². The van der Waals surface area contributed by atoms with Crippen LogP contribution < -0.4 is 0 Å². The molecule has 2 aliphatic carbocycles. The Morgan fingerprint density at radius 3 is 2.52 bits per heavy atom. The monoisotopic (exact) mass is 453 g/mol. The lowest BCUT2D eigenvalue weighted by Gasteiger charge is -2.44. The first-order chi connectivity index (χ1) is 15.7. The van der Waals surface area contributed by atoms with E-state index in [1.54, 1.807) is 6.07 Å². The van der Waals surface area contributed by atoms with Gasteiger partial charge in [0.25, 0.3) is 0 Å². The molecular weight excluding hydrogens is 427 g/mol. The highest BCUT2D eigenvalue weighted by Crippen LogP contribution is 2.53. The minimum atomic E-state index is -1.19. The summed E-state index contributed by atoms with van der Waals surface area (Å²) in [7, 11) is 0. The molecule has 2 atom stereocenters. The fourth-order valence-corrected chi connectivity index (χ4v) is 5.42.